The normalized spacial score (nSPS) is 12.3. The molecule has 1 rings (SSSR count). The van der Waals surface area contributed by atoms with E-state index < -0.39 is 132 Å². The van der Waals surface area contributed by atoms with Crippen molar-refractivity contribution in [1.29, 1.82) is 0 Å². The summed E-state index contributed by atoms with van der Waals surface area (Å²) in [5.74, 6) is -14.4. The van der Waals surface area contributed by atoms with E-state index in [2.05, 4.69) is 0 Å². The SMILES string of the molecule is COCCOCCOC(=O)C(C)OC(=O)c1cc(C(=O)OC(C)C(=O)OCC(=O)OCCOC)c(C(=O)OC(C)C(=O)OCC(=O)OCCOC)cc1C(=O)OC(C)C(=O)OCC(=O)OCCOC. The van der Waals surface area contributed by atoms with Crippen molar-refractivity contribution in [3.63, 3.8) is 0 Å². The molecule has 4 atom stereocenters. The van der Waals surface area contributed by atoms with E-state index in [-0.39, 0.29) is 66.1 Å². The first kappa shape index (κ1) is 60.2. The van der Waals surface area contributed by atoms with Gasteiger partial charge < -0.3 is 75.8 Å². The molecule has 386 valence electrons. The van der Waals surface area contributed by atoms with Crippen LogP contribution in [0.4, 0.5) is 0 Å². The van der Waals surface area contributed by atoms with Gasteiger partial charge in [0.2, 0.25) is 0 Å². The second kappa shape index (κ2) is 33.6. The molecule has 0 spiro atoms. The summed E-state index contributed by atoms with van der Waals surface area (Å²) in [4.78, 5) is 142. The zero-order valence-electron chi connectivity index (χ0n) is 39.2. The van der Waals surface area contributed by atoms with Crippen molar-refractivity contribution in [3.8, 4) is 0 Å². The lowest BCUT2D eigenvalue weighted by atomic mass is 9.97. The molecule has 27 heteroatoms. The second-order valence-corrected chi connectivity index (χ2v) is 13.4. The average molecular weight is 993 g/mol. The first-order chi connectivity index (χ1) is 32.8. The Morgan fingerprint density at radius 1 is 0.333 bits per heavy atom. The number of methoxy groups -OCH3 is 4. The Bertz CT molecular complexity index is 1910. The van der Waals surface area contributed by atoms with Crippen molar-refractivity contribution < 1.29 is 129 Å². The molecule has 0 heterocycles. The molecular formula is C42H56O27. The maximum Gasteiger partial charge on any atom is 0.347 e. The zero-order valence-corrected chi connectivity index (χ0v) is 39.2. The Morgan fingerprint density at radius 2 is 0.565 bits per heavy atom. The summed E-state index contributed by atoms with van der Waals surface area (Å²) in [5.41, 5.74) is -3.84. The number of esters is 11. The van der Waals surface area contributed by atoms with Gasteiger partial charge in [0.15, 0.2) is 44.2 Å². The predicted octanol–water partition coefficient (Wildman–Crippen LogP) is -0.728. The van der Waals surface area contributed by atoms with Crippen LogP contribution in [0.3, 0.4) is 0 Å². The molecule has 4 unspecified atom stereocenters. The van der Waals surface area contributed by atoms with Crippen LogP contribution < -0.4 is 0 Å². The highest BCUT2D eigenvalue weighted by molar-refractivity contribution is 6.11. The molecule has 1 aromatic rings. The van der Waals surface area contributed by atoms with Gasteiger partial charge in [-0.05, 0) is 39.8 Å². The van der Waals surface area contributed by atoms with Gasteiger partial charge in [-0.15, -0.1) is 0 Å². The zero-order chi connectivity index (χ0) is 51.9. The lowest BCUT2D eigenvalue weighted by Gasteiger charge is -2.19. The molecule has 0 saturated carbocycles. The Balaban J connectivity index is 3.74. The summed E-state index contributed by atoms with van der Waals surface area (Å²) < 4.78 is 79.0. The number of hydrogen-bond acceptors (Lipinski definition) is 27. The highest BCUT2D eigenvalue weighted by atomic mass is 16.6. The van der Waals surface area contributed by atoms with E-state index in [0.717, 1.165) is 27.7 Å². The van der Waals surface area contributed by atoms with Crippen molar-refractivity contribution in [3.05, 3.63) is 34.4 Å². The van der Waals surface area contributed by atoms with Crippen LogP contribution in [0.5, 0.6) is 0 Å². The lowest BCUT2D eigenvalue weighted by molar-refractivity contribution is -0.164. The minimum absolute atomic E-state index is 0.0288. The molecule has 0 saturated heterocycles. The van der Waals surface area contributed by atoms with E-state index in [1.54, 1.807) is 0 Å². The van der Waals surface area contributed by atoms with Crippen LogP contribution in [-0.4, -0.2) is 204 Å². The monoisotopic (exact) mass is 992 g/mol. The van der Waals surface area contributed by atoms with Gasteiger partial charge in [-0.25, -0.2) is 52.7 Å². The first-order valence-electron chi connectivity index (χ1n) is 20.5. The summed E-state index contributed by atoms with van der Waals surface area (Å²) in [7, 11) is 5.48. The van der Waals surface area contributed by atoms with E-state index in [4.69, 9.17) is 75.8 Å². The number of carbonyl (C=O) groups excluding carboxylic acids is 11. The molecular weight excluding hydrogens is 936 g/mol. The Kier molecular flexibility index (Phi) is 29.3. The van der Waals surface area contributed by atoms with Crippen LogP contribution in [0.25, 0.3) is 0 Å². The third kappa shape index (κ3) is 23.7. The molecule has 0 aliphatic heterocycles. The van der Waals surface area contributed by atoms with E-state index in [0.29, 0.717) is 12.1 Å². The van der Waals surface area contributed by atoms with Gasteiger partial charge in [0.25, 0.3) is 0 Å². The summed E-state index contributed by atoms with van der Waals surface area (Å²) in [6, 6.07) is 1.05. The van der Waals surface area contributed by atoms with E-state index in [9.17, 15) is 52.7 Å². The van der Waals surface area contributed by atoms with Crippen molar-refractivity contribution in [2.75, 3.05) is 114 Å². The molecule has 0 N–H and O–H groups in total. The standard InChI is InChI=1S/C42H56O27/c1-24(35(46)62-18-14-58-13-9-54-5)66-39(50)28-19-30(41(52)68-26(3)37(48)64-22-33(44)60-16-11-56-7)31(42(53)69-27(4)38(49)65-23-34(45)61-17-12-57-8)20-29(28)40(51)67-25(2)36(47)63-21-32(43)59-15-10-55-6/h19-20,24-27H,9-18,21-23H2,1-8H3. The maximum absolute atomic E-state index is 13.8. The molecule has 0 bridgehead atoms. The summed E-state index contributed by atoms with van der Waals surface area (Å²) in [6.45, 7) is 0.845. The van der Waals surface area contributed by atoms with Crippen LogP contribution in [0.2, 0.25) is 0 Å². The predicted molar refractivity (Wildman–Crippen MR) is 221 cm³/mol. The summed E-state index contributed by atoms with van der Waals surface area (Å²) in [6.07, 6.45) is -7.30. The third-order valence-electron chi connectivity index (χ3n) is 8.05. The van der Waals surface area contributed by atoms with Crippen LogP contribution in [0, 0.1) is 0 Å². The van der Waals surface area contributed by atoms with Gasteiger partial charge in [-0.3, -0.25) is 0 Å². The fraction of sp³-hybridized carbons (Fsp3) is 0.595. The molecule has 0 aromatic heterocycles. The average Bonchev–Trinajstić information content (AvgIpc) is 3.32. The first-order valence-corrected chi connectivity index (χ1v) is 20.5. The largest absolute Gasteiger partial charge is 0.461 e. The van der Waals surface area contributed by atoms with E-state index in [1.165, 1.54) is 28.4 Å². The molecule has 1 aromatic carbocycles. The quantitative estimate of drug-likeness (QED) is 0.0476. The number of ether oxygens (including phenoxy) is 16. The van der Waals surface area contributed by atoms with Crippen molar-refractivity contribution >= 4 is 65.7 Å². The van der Waals surface area contributed by atoms with E-state index >= 15 is 0 Å². The summed E-state index contributed by atoms with van der Waals surface area (Å²) >= 11 is 0. The minimum Gasteiger partial charge on any atom is -0.461 e. The topological polar surface area (TPSA) is 335 Å². The van der Waals surface area contributed by atoms with Gasteiger partial charge in [0.05, 0.1) is 61.9 Å². The molecule has 0 aliphatic rings. The smallest absolute Gasteiger partial charge is 0.347 e. The van der Waals surface area contributed by atoms with Crippen molar-refractivity contribution in [1.82, 2.24) is 0 Å². The molecule has 27 nitrogen and oxygen atoms in total. The maximum atomic E-state index is 13.8. The van der Waals surface area contributed by atoms with Crippen molar-refractivity contribution in [2.45, 2.75) is 52.1 Å². The van der Waals surface area contributed by atoms with Gasteiger partial charge in [-0.2, -0.15) is 0 Å². The van der Waals surface area contributed by atoms with Gasteiger partial charge in [0.1, 0.15) is 26.4 Å². The number of rotatable bonds is 33. The van der Waals surface area contributed by atoms with Crippen LogP contribution >= 0.6 is 0 Å². The van der Waals surface area contributed by atoms with Gasteiger partial charge >= 0.3 is 65.7 Å². The molecule has 0 amide bonds. The highest BCUT2D eigenvalue weighted by Gasteiger charge is 2.34. The minimum atomic E-state index is -1.86. The van der Waals surface area contributed by atoms with Crippen LogP contribution in [0.15, 0.2) is 12.1 Å². The van der Waals surface area contributed by atoms with E-state index in [1.807, 2.05) is 0 Å². The van der Waals surface area contributed by atoms with Crippen molar-refractivity contribution in [2.24, 2.45) is 0 Å². The van der Waals surface area contributed by atoms with Crippen LogP contribution in [-0.2, 0) is 109 Å². The van der Waals surface area contributed by atoms with Gasteiger partial charge in [-0.1, -0.05) is 0 Å². The number of benzene rings is 1. The second-order valence-electron chi connectivity index (χ2n) is 13.4. The number of carbonyl (C=O) groups is 11. The lowest BCUT2D eigenvalue weighted by Crippen LogP contribution is -2.32. The molecule has 0 aliphatic carbocycles. The molecule has 69 heavy (non-hydrogen) atoms. The fourth-order valence-electron chi connectivity index (χ4n) is 4.51. The number of hydrogen-bond donors (Lipinski definition) is 0. The fourth-order valence-corrected chi connectivity index (χ4v) is 4.51. The highest BCUT2D eigenvalue weighted by Crippen LogP contribution is 2.24. The third-order valence-corrected chi connectivity index (χ3v) is 8.05. The van der Waals surface area contributed by atoms with Gasteiger partial charge in [0, 0.05) is 28.4 Å². The van der Waals surface area contributed by atoms with Crippen LogP contribution in [0.1, 0.15) is 69.1 Å². The Labute approximate surface area is 394 Å². The molecule has 0 radical (unpaired) electrons. The Morgan fingerprint density at radius 3 is 0.841 bits per heavy atom. The summed E-state index contributed by atoms with van der Waals surface area (Å²) in [5, 5.41) is 0. The molecule has 0 fully saturated rings. The Hall–Kier alpha value is -6.81.